The topological polar surface area (TPSA) is 66.5 Å². The predicted octanol–water partition coefficient (Wildman–Crippen LogP) is 2.23. The summed E-state index contributed by atoms with van der Waals surface area (Å²) in [6.07, 6.45) is 1.87. The summed E-state index contributed by atoms with van der Waals surface area (Å²) >= 11 is 0. The minimum atomic E-state index is -0.398. The first-order chi connectivity index (χ1) is 10.3. The molecule has 22 heavy (non-hydrogen) atoms. The highest BCUT2D eigenvalue weighted by Crippen LogP contribution is 2.22. The quantitative estimate of drug-likeness (QED) is 0.670. The number of carbonyl (C=O) groups excluding carboxylic acids is 3. The highest BCUT2D eigenvalue weighted by atomic mass is 16.2. The second-order valence-corrected chi connectivity index (χ2v) is 6.76. The number of carbonyl (C=O) groups is 3. The van der Waals surface area contributed by atoms with Crippen LogP contribution in [0.15, 0.2) is 24.3 Å². The molecule has 0 fully saturated rings. The van der Waals surface area contributed by atoms with Gasteiger partial charge in [0, 0.05) is 6.54 Å². The second-order valence-electron chi connectivity index (χ2n) is 6.76. The zero-order chi connectivity index (χ0) is 16.3. The molecule has 0 unspecified atom stereocenters. The molecular weight excluding hydrogens is 280 g/mol. The Balaban J connectivity index is 1.86. The molecule has 0 atom stereocenters. The van der Waals surface area contributed by atoms with Crippen molar-refractivity contribution in [3.05, 3.63) is 35.4 Å². The Morgan fingerprint density at radius 2 is 1.64 bits per heavy atom. The Hall–Kier alpha value is -2.17. The molecule has 0 saturated carbocycles. The first kappa shape index (κ1) is 16.2. The molecule has 1 N–H and O–H groups in total. The van der Waals surface area contributed by atoms with E-state index in [0.29, 0.717) is 17.7 Å². The molecule has 1 aromatic rings. The van der Waals surface area contributed by atoms with E-state index in [1.807, 2.05) is 0 Å². The minimum Gasteiger partial charge on any atom is -0.355 e. The molecule has 0 aliphatic carbocycles. The summed E-state index contributed by atoms with van der Waals surface area (Å²) in [6.45, 7) is 6.77. The van der Waals surface area contributed by atoms with Crippen molar-refractivity contribution < 1.29 is 14.4 Å². The van der Waals surface area contributed by atoms with E-state index in [9.17, 15) is 14.4 Å². The fraction of sp³-hybridized carbons (Fsp3) is 0.471. The van der Waals surface area contributed by atoms with Crippen molar-refractivity contribution in [1.82, 2.24) is 10.2 Å². The fourth-order valence-electron chi connectivity index (χ4n) is 2.43. The van der Waals surface area contributed by atoms with E-state index in [-0.39, 0.29) is 17.9 Å². The predicted molar refractivity (Wildman–Crippen MR) is 83.5 cm³/mol. The lowest BCUT2D eigenvalue weighted by Crippen LogP contribution is -2.40. The molecule has 1 heterocycles. The van der Waals surface area contributed by atoms with E-state index in [1.54, 1.807) is 24.3 Å². The van der Waals surface area contributed by atoms with Crippen LogP contribution in [0.1, 0.15) is 54.3 Å². The summed E-state index contributed by atoms with van der Waals surface area (Å²) < 4.78 is 0. The average molecular weight is 302 g/mol. The van der Waals surface area contributed by atoms with Gasteiger partial charge in [0.15, 0.2) is 0 Å². The van der Waals surface area contributed by atoms with Crippen LogP contribution in [0.4, 0.5) is 0 Å². The van der Waals surface area contributed by atoms with Crippen molar-refractivity contribution in [2.75, 3.05) is 13.1 Å². The van der Waals surface area contributed by atoms with Crippen LogP contribution in [-0.2, 0) is 4.79 Å². The summed E-state index contributed by atoms with van der Waals surface area (Å²) in [4.78, 5) is 37.2. The fourth-order valence-corrected chi connectivity index (χ4v) is 2.43. The zero-order valence-electron chi connectivity index (χ0n) is 13.3. The largest absolute Gasteiger partial charge is 0.355 e. The lowest BCUT2D eigenvalue weighted by Gasteiger charge is -2.18. The van der Waals surface area contributed by atoms with Crippen molar-refractivity contribution in [3.8, 4) is 0 Å². The molecule has 1 aliphatic rings. The van der Waals surface area contributed by atoms with Crippen LogP contribution in [0.5, 0.6) is 0 Å². The summed E-state index contributed by atoms with van der Waals surface area (Å²) in [5, 5.41) is 2.76. The summed E-state index contributed by atoms with van der Waals surface area (Å²) in [5.74, 6) is -1.10. The Morgan fingerprint density at radius 1 is 1.09 bits per heavy atom. The van der Waals surface area contributed by atoms with E-state index in [4.69, 9.17) is 0 Å². The number of rotatable bonds is 5. The van der Waals surface area contributed by atoms with Gasteiger partial charge in [-0.15, -0.1) is 0 Å². The van der Waals surface area contributed by atoms with Gasteiger partial charge < -0.3 is 5.32 Å². The van der Waals surface area contributed by atoms with Crippen LogP contribution in [0.3, 0.4) is 0 Å². The van der Waals surface area contributed by atoms with E-state index in [0.717, 1.165) is 17.7 Å². The van der Waals surface area contributed by atoms with Crippen molar-refractivity contribution in [2.45, 2.75) is 33.6 Å². The van der Waals surface area contributed by atoms with Gasteiger partial charge in [-0.05, 0) is 30.4 Å². The van der Waals surface area contributed by atoms with Gasteiger partial charge in [-0.25, -0.2) is 0 Å². The third-order valence-electron chi connectivity index (χ3n) is 3.61. The first-order valence-corrected chi connectivity index (χ1v) is 7.51. The Bertz CT molecular complexity index is 567. The average Bonchev–Trinajstić information content (AvgIpc) is 2.68. The maximum absolute atomic E-state index is 12.1. The number of nitrogens with zero attached hydrogens (tertiary/aromatic N) is 1. The van der Waals surface area contributed by atoms with Gasteiger partial charge in [0.05, 0.1) is 11.1 Å². The standard InChI is InChI=1S/C17H22N2O3/c1-17(2,3)9-6-10-18-14(20)11-19-15(21)12-7-4-5-8-13(12)16(19)22/h4-5,7-8H,6,9-11H2,1-3H3,(H,18,20). The molecule has 1 aliphatic heterocycles. The second kappa shape index (κ2) is 6.30. The van der Waals surface area contributed by atoms with Crippen molar-refractivity contribution in [1.29, 1.82) is 0 Å². The highest BCUT2D eigenvalue weighted by Gasteiger charge is 2.36. The maximum atomic E-state index is 12.1. The Morgan fingerprint density at radius 3 is 2.14 bits per heavy atom. The van der Waals surface area contributed by atoms with Crippen LogP contribution >= 0.6 is 0 Å². The molecule has 0 radical (unpaired) electrons. The maximum Gasteiger partial charge on any atom is 0.262 e. The van der Waals surface area contributed by atoms with Gasteiger partial charge in [-0.2, -0.15) is 0 Å². The molecule has 0 aromatic heterocycles. The molecule has 1 aromatic carbocycles. The van der Waals surface area contributed by atoms with Crippen molar-refractivity contribution >= 4 is 17.7 Å². The third-order valence-corrected chi connectivity index (χ3v) is 3.61. The van der Waals surface area contributed by atoms with E-state index >= 15 is 0 Å². The van der Waals surface area contributed by atoms with E-state index in [2.05, 4.69) is 26.1 Å². The van der Waals surface area contributed by atoms with E-state index < -0.39 is 11.8 Å². The van der Waals surface area contributed by atoms with Gasteiger partial charge in [0.25, 0.3) is 11.8 Å². The van der Waals surface area contributed by atoms with Gasteiger partial charge in [0.1, 0.15) is 6.54 Å². The highest BCUT2D eigenvalue weighted by molar-refractivity contribution is 6.22. The van der Waals surface area contributed by atoms with Crippen molar-refractivity contribution in [3.63, 3.8) is 0 Å². The Kier molecular flexibility index (Phi) is 4.64. The summed E-state index contributed by atoms with van der Waals surface area (Å²) in [5.41, 5.74) is 0.967. The lowest BCUT2D eigenvalue weighted by atomic mass is 9.91. The zero-order valence-corrected chi connectivity index (χ0v) is 13.3. The first-order valence-electron chi connectivity index (χ1n) is 7.51. The molecule has 2 rings (SSSR count). The van der Waals surface area contributed by atoms with Gasteiger partial charge in [-0.1, -0.05) is 32.9 Å². The molecule has 3 amide bonds. The molecule has 5 nitrogen and oxygen atoms in total. The molecule has 0 spiro atoms. The number of hydrogen-bond donors (Lipinski definition) is 1. The number of nitrogens with one attached hydrogen (secondary N) is 1. The number of benzene rings is 1. The summed E-state index contributed by atoms with van der Waals surface area (Å²) in [7, 11) is 0. The monoisotopic (exact) mass is 302 g/mol. The van der Waals surface area contributed by atoms with E-state index in [1.165, 1.54) is 0 Å². The molecule has 118 valence electrons. The number of hydrogen-bond acceptors (Lipinski definition) is 3. The minimum absolute atomic E-state index is 0.220. The van der Waals surface area contributed by atoms with Crippen LogP contribution in [0.2, 0.25) is 0 Å². The van der Waals surface area contributed by atoms with Crippen LogP contribution in [-0.4, -0.2) is 35.7 Å². The number of imide groups is 1. The van der Waals surface area contributed by atoms with Crippen LogP contribution in [0.25, 0.3) is 0 Å². The Labute approximate surface area is 130 Å². The lowest BCUT2D eigenvalue weighted by molar-refractivity contribution is -0.121. The van der Waals surface area contributed by atoms with Gasteiger partial charge >= 0.3 is 0 Å². The molecule has 0 bridgehead atoms. The van der Waals surface area contributed by atoms with Crippen molar-refractivity contribution in [2.24, 2.45) is 5.41 Å². The molecular formula is C17H22N2O3. The van der Waals surface area contributed by atoms with Crippen LogP contribution < -0.4 is 5.32 Å². The number of amides is 3. The van der Waals surface area contributed by atoms with Gasteiger partial charge in [-0.3, -0.25) is 19.3 Å². The van der Waals surface area contributed by atoms with Crippen LogP contribution in [0, 0.1) is 5.41 Å². The smallest absolute Gasteiger partial charge is 0.262 e. The summed E-state index contributed by atoms with van der Waals surface area (Å²) in [6, 6.07) is 6.63. The molecule has 0 saturated heterocycles. The normalized spacial score (nSPS) is 14.2. The SMILES string of the molecule is CC(C)(C)CCCNC(=O)CN1C(=O)c2ccccc2C1=O. The molecule has 5 heteroatoms. The van der Waals surface area contributed by atoms with Gasteiger partial charge in [0.2, 0.25) is 5.91 Å². The third kappa shape index (κ3) is 3.72. The number of fused-ring (bicyclic) bond motifs is 1.